The second kappa shape index (κ2) is 14.0. The molecule has 0 heterocycles. The van der Waals surface area contributed by atoms with Gasteiger partial charge in [-0.3, -0.25) is 14.5 Å². The average Bonchev–Trinajstić information content (AvgIpc) is 2.68. The fourth-order valence-corrected chi connectivity index (χ4v) is 2.91. The molecule has 31 heavy (non-hydrogen) atoms. The lowest BCUT2D eigenvalue weighted by molar-refractivity contribution is -0.151. The van der Waals surface area contributed by atoms with Crippen LogP contribution in [0.2, 0.25) is 0 Å². The van der Waals surface area contributed by atoms with Crippen molar-refractivity contribution in [2.75, 3.05) is 26.4 Å². The normalized spacial score (nSPS) is 13.5. The molecule has 0 aliphatic carbocycles. The maximum Gasteiger partial charge on any atom is 0.321 e. The number of aliphatic hydroxyl groups excluding tert-OH is 1. The molecule has 9 heteroatoms. The summed E-state index contributed by atoms with van der Waals surface area (Å²) in [5.41, 5.74) is 0.974. The first-order valence-corrected chi connectivity index (χ1v) is 10.4. The van der Waals surface area contributed by atoms with E-state index in [0.29, 0.717) is 25.6 Å². The first-order chi connectivity index (χ1) is 14.6. The molecular formula is C22H35NO8. The van der Waals surface area contributed by atoms with Crippen LogP contribution >= 0.6 is 0 Å². The Labute approximate surface area is 183 Å². The molecule has 0 fully saturated rings. The van der Waals surface area contributed by atoms with Crippen LogP contribution in [0.3, 0.4) is 0 Å². The molecule has 0 aliphatic rings. The van der Waals surface area contributed by atoms with E-state index in [4.69, 9.17) is 19.3 Å². The fraction of sp³-hybridized carbons (Fsp3) is 0.636. The largest absolute Gasteiger partial charge is 0.491 e. The summed E-state index contributed by atoms with van der Waals surface area (Å²) in [6.45, 7) is 8.87. The molecule has 0 spiro atoms. The molecule has 1 rings (SSSR count). The summed E-state index contributed by atoms with van der Waals surface area (Å²) in [7, 11) is 0. The number of nitrogens with zero attached hydrogens (tertiary/aromatic N) is 1. The lowest BCUT2D eigenvalue weighted by atomic mass is 10.1. The molecule has 0 saturated heterocycles. The van der Waals surface area contributed by atoms with Gasteiger partial charge in [-0.1, -0.05) is 12.1 Å². The van der Waals surface area contributed by atoms with E-state index in [1.54, 1.807) is 26.0 Å². The minimum Gasteiger partial charge on any atom is -0.491 e. The number of ether oxygens (including phenoxy) is 3. The fourth-order valence-electron chi connectivity index (χ4n) is 2.91. The van der Waals surface area contributed by atoms with E-state index in [9.17, 15) is 19.8 Å². The second-order valence-electron chi connectivity index (χ2n) is 7.82. The Kier molecular flexibility index (Phi) is 12.1. The number of carbonyl (C=O) groups is 2. The number of benzene rings is 1. The van der Waals surface area contributed by atoms with Gasteiger partial charge in [0.15, 0.2) is 0 Å². The van der Waals surface area contributed by atoms with Gasteiger partial charge in [0, 0.05) is 12.6 Å². The van der Waals surface area contributed by atoms with Crippen molar-refractivity contribution < 1.29 is 39.1 Å². The molecule has 2 unspecified atom stereocenters. The summed E-state index contributed by atoms with van der Waals surface area (Å²) in [5, 5.41) is 28.7. The van der Waals surface area contributed by atoms with Crippen LogP contribution in [0.4, 0.5) is 0 Å². The molecule has 0 radical (unpaired) electrons. The molecule has 3 N–H and O–H groups in total. The second-order valence-corrected chi connectivity index (χ2v) is 7.82. The highest BCUT2D eigenvalue weighted by molar-refractivity contribution is 5.80. The van der Waals surface area contributed by atoms with Crippen molar-refractivity contribution in [3.05, 3.63) is 29.8 Å². The number of carboxylic acid groups (broad SMARTS) is 2. The van der Waals surface area contributed by atoms with E-state index in [0.717, 1.165) is 5.56 Å². The van der Waals surface area contributed by atoms with E-state index in [1.165, 1.54) is 4.90 Å². The van der Waals surface area contributed by atoms with Gasteiger partial charge in [-0.2, -0.15) is 0 Å². The van der Waals surface area contributed by atoms with Crippen molar-refractivity contribution in [2.24, 2.45) is 0 Å². The summed E-state index contributed by atoms with van der Waals surface area (Å²) in [5.74, 6) is -1.89. The van der Waals surface area contributed by atoms with E-state index >= 15 is 0 Å². The number of hydrogen-bond donors (Lipinski definition) is 3. The van der Waals surface area contributed by atoms with E-state index in [-0.39, 0.29) is 25.3 Å². The van der Waals surface area contributed by atoms with Crippen molar-refractivity contribution in [1.82, 2.24) is 4.90 Å². The van der Waals surface area contributed by atoms with Gasteiger partial charge in [0.25, 0.3) is 0 Å². The third-order valence-corrected chi connectivity index (χ3v) is 4.45. The molecular weight excluding hydrogens is 406 g/mol. The van der Waals surface area contributed by atoms with Gasteiger partial charge in [-0.15, -0.1) is 0 Å². The van der Waals surface area contributed by atoms with Gasteiger partial charge >= 0.3 is 11.9 Å². The third-order valence-electron chi connectivity index (χ3n) is 4.45. The molecule has 0 bridgehead atoms. The summed E-state index contributed by atoms with van der Waals surface area (Å²) in [6, 6.07) is 5.76. The number of carboxylic acids is 2. The first-order valence-electron chi connectivity index (χ1n) is 10.4. The Hall–Kier alpha value is -2.20. The number of rotatable bonds is 16. The van der Waals surface area contributed by atoms with Crippen LogP contribution in [0.25, 0.3) is 0 Å². The highest BCUT2D eigenvalue weighted by atomic mass is 16.5. The van der Waals surface area contributed by atoms with Gasteiger partial charge in [-0.05, 0) is 45.4 Å². The van der Waals surface area contributed by atoms with Crippen LogP contribution in [0.15, 0.2) is 24.3 Å². The van der Waals surface area contributed by atoms with Gasteiger partial charge < -0.3 is 29.5 Å². The van der Waals surface area contributed by atoms with Gasteiger partial charge in [0.1, 0.15) is 24.5 Å². The molecule has 2 atom stereocenters. The molecule has 176 valence electrons. The zero-order valence-electron chi connectivity index (χ0n) is 18.7. The number of aliphatic hydroxyl groups is 1. The van der Waals surface area contributed by atoms with E-state index in [2.05, 4.69) is 0 Å². The summed E-state index contributed by atoms with van der Waals surface area (Å²) in [4.78, 5) is 23.9. The monoisotopic (exact) mass is 441 g/mol. The summed E-state index contributed by atoms with van der Waals surface area (Å²) < 4.78 is 16.5. The highest BCUT2D eigenvalue weighted by Crippen LogP contribution is 2.15. The SMILES string of the molecule is CC(C)OCCOCc1ccc(OCC(O)CN(C(C)C)C(CC(=O)O)C(=O)O)cc1. The topological polar surface area (TPSA) is 126 Å². The summed E-state index contributed by atoms with van der Waals surface area (Å²) >= 11 is 0. The van der Waals surface area contributed by atoms with Crippen LogP contribution in [-0.2, 0) is 25.7 Å². The van der Waals surface area contributed by atoms with Gasteiger partial charge in [0.05, 0.1) is 32.3 Å². The maximum atomic E-state index is 11.5. The molecule has 0 amide bonds. The molecule has 0 aliphatic heterocycles. The average molecular weight is 442 g/mol. The predicted octanol–water partition coefficient (Wildman–Crippen LogP) is 2.01. The molecule has 9 nitrogen and oxygen atoms in total. The van der Waals surface area contributed by atoms with Crippen molar-refractivity contribution in [3.8, 4) is 5.75 Å². The lowest BCUT2D eigenvalue weighted by Crippen LogP contribution is -2.50. The molecule has 0 saturated carbocycles. The van der Waals surface area contributed by atoms with Crippen LogP contribution in [0.5, 0.6) is 5.75 Å². The smallest absolute Gasteiger partial charge is 0.321 e. The van der Waals surface area contributed by atoms with Crippen molar-refractivity contribution in [2.45, 2.75) is 65.0 Å². The van der Waals surface area contributed by atoms with Crippen molar-refractivity contribution in [1.29, 1.82) is 0 Å². The van der Waals surface area contributed by atoms with Crippen LogP contribution < -0.4 is 4.74 Å². The van der Waals surface area contributed by atoms with Crippen LogP contribution in [0, 0.1) is 0 Å². The standard InChI is InChI=1S/C22H35NO8/c1-15(2)23(20(22(27)28)11-21(25)26)12-18(24)14-31-19-7-5-17(6-8-19)13-29-9-10-30-16(3)4/h5-8,15-16,18,20,24H,9-14H2,1-4H3,(H,25,26)(H,27,28). The van der Waals surface area contributed by atoms with Gasteiger partial charge in [0.2, 0.25) is 0 Å². The Morgan fingerprint density at radius 2 is 1.68 bits per heavy atom. The van der Waals surface area contributed by atoms with Crippen LogP contribution in [-0.4, -0.2) is 82.8 Å². The van der Waals surface area contributed by atoms with E-state index in [1.807, 2.05) is 26.0 Å². The molecule has 1 aromatic rings. The quantitative estimate of drug-likeness (QED) is 0.330. The predicted molar refractivity (Wildman–Crippen MR) is 114 cm³/mol. The minimum absolute atomic E-state index is 0.0215. The zero-order chi connectivity index (χ0) is 23.4. The van der Waals surface area contributed by atoms with E-state index < -0.39 is 30.5 Å². The van der Waals surface area contributed by atoms with Crippen molar-refractivity contribution in [3.63, 3.8) is 0 Å². The summed E-state index contributed by atoms with van der Waals surface area (Å²) in [6.07, 6.45) is -1.36. The Morgan fingerprint density at radius 3 is 2.19 bits per heavy atom. The minimum atomic E-state index is -1.24. The maximum absolute atomic E-state index is 11.5. The number of hydrogen-bond acceptors (Lipinski definition) is 7. The third kappa shape index (κ3) is 11.1. The first kappa shape index (κ1) is 26.8. The molecule has 1 aromatic carbocycles. The van der Waals surface area contributed by atoms with Gasteiger partial charge in [-0.25, -0.2) is 0 Å². The highest BCUT2D eigenvalue weighted by Gasteiger charge is 2.31. The lowest BCUT2D eigenvalue weighted by Gasteiger charge is -2.33. The van der Waals surface area contributed by atoms with Crippen LogP contribution in [0.1, 0.15) is 39.7 Å². The number of aliphatic carboxylic acids is 2. The Morgan fingerprint density at radius 1 is 1.03 bits per heavy atom. The Balaban J connectivity index is 2.50. The molecule has 0 aromatic heterocycles. The van der Waals surface area contributed by atoms with Crippen molar-refractivity contribution >= 4 is 11.9 Å². The zero-order valence-corrected chi connectivity index (χ0v) is 18.7. The Bertz CT molecular complexity index is 662.